The molecule has 1 aliphatic heterocycles. The van der Waals surface area contributed by atoms with Gasteiger partial charge in [-0.15, -0.1) is 10.2 Å². The SMILES string of the molecule is O=C(c1ccc(F)cc1Cl)N1CCC(c2nnc(-c3ccoc3)o2)CC1. The molecule has 0 atom stereocenters. The highest BCUT2D eigenvalue weighted by Gasteiger charge is 2.28. The third kappa shape index (κ3) is 3.22. The fourth-order valence-corrected chi connectivity index (χ4v) is 3.31. The maximum absolute atomic E-state index is 13.2. The number of furan rings is 1. The van der Waals surface area contributed by atoms with Crippen LogP contribution in [0.1, 0.15) is 35.0 Å². The predicted octanol–water partition coefficient (Wildman–Crippen LogP) is 4.14. The number of aromatic nitrogens is 2. The molecule has 1 fully saturated rings. The minimum atomic E-state index is -0.463. The summed E-state index contributed by atoms with van der Waals surface area (Å²) in [5, 5.41) is 8.29. The van der Waals surface area contributed by atoms with Gasteiger partial charge in [-0.05, 0) is 37.1 Å². The minimum absolute atomic E-state index is 0.0934. The molecule has 2 aromatic heterocycles. The lowest BCUT2D eigenvalue weighted by Crippen LogP contribution is -2.38. The second-order valence-corrected chi connectivity index (χ2v) is 6.56. The van der Waals surface area contributed by atoms with Crippen LogP contribution in [0.15, 0.2) is 45.6 Å². The molecular formula is C18H15ClFN3O3. The van der Waals surface area contributed by atoms with E-state index >= 15 is 0 Å². The van der Waals surface area contributed by atoms with Crippen molar-refractivity contribution in [3.05, 3.63) is 59.1 Å². The number of rotatable bonds is 3. The van der Waals surface area contributed by atoms with Crippen molar-refractivity contribution in [1.82, 2.24) is 15.1 Å². The Balaban J connectivity index is 1.42. The molecule has 1 aromatic carbocycles. The molecule has 1 aliphatic rings. The molecule has 0 saturated carbocycles. The monoisotopic (exact) mass is 375 g/mol. The van der Waals surface area contributed by atoms with Gasteiger partial charge in [-0.1, -0.05) is 11.6 Å². The van der Waals surface area contributed by atoms with Crippen molar-refractivity contribution in [1.29, 1.82) is 0 Å². The topological polar surface area (TPSA) is 72.4 Å². The summed E-state index contributed by atoms with van der Waals surface area (Å²) < 4.78 is 23.9. The fraction of sp³-hybridized carbons (Fsp3) is 0.278. The van der Waals surface area contributed by atoms with E-state index in [1.807, 2.05) is 0 Å². The van der Waals surface area contributed by atoms with Crippen LogP contribution in [0.2, 0.25) is 5.02 Å². The summed E-state index contributed by atoms with van der Waals surface area (Å²) in [5.41, 5.74) is 1.05. The van der Waals surface area contributed by atoms with E-state index in [4.69, 9.17) is 20.4 Å². The van der Waals surface area contributed by atoms with Crippen molar-refractivity contribution in [2.45, 2.75) is 18.8 Å². The van der Waals surface area contributed by atoms with Crippen LogP contribution in [0, 0.1) is 5.82 Å². The van der Waals surface area contributed by atoms with Crippen LogP contribution < -0.4 is 0 Å². The highest BCUT2D eigenvalue weighted by atomic mass is 35.5. The van der Waals surface area contributed by atoms with Crippen molar-refractivity contribution in [2.75, 3.05) is 13.1 Å². The maximum atomic E-state index is 13.2. The van der Waals surface area contributed by atoms with E-state index in [0.29, 0.717) is 43.3 Å². The van der Waals surface area contributed by atoms with E-state index in [9.17, 15) is 9.18 Å². The molecule has 0 radical (unpaired) electrons. The van der Waals surface area contributed by atoms with Crippen molar-refractivity contribution in [3.8, 4) is 11.5 Å². The highest BCUT2D eigenvalue weighted by Crippen LogP contribution is 2.30. The van der Waals surface area contributed by atoms with Crippen molar-refractivity contribution in [3.63, 3.8) is 0 Å². The second kappa shape index (κ2) is 6.92. The summed E-state index contributed by atoms with van der Waals surface area (Å²) in [7, 11) is 0. The Labute approximate surface area is 153 Å². The van der Waals surface area contributed by atoms with Gasteiger partial charge in [0.15, 0.2) is 0 Å². The van der Waals surface area contributed by atoms with E-state index in [0.717, 1.165) is 11.6 Å². The first-order chi connectivity index (χ1) is 12.6. The largest absolute Gasteiger partial charge is 0.472 e. The van der Waals surface area contributed by atoms with Gasteiger partial charge >= 0.3 is 0 Å². The first kappa shape index (κ1) is 16.8. The van der Waals surface area contributed by atoms with Gasteiger partial charge < -0.3 is 13.7 Å². The van der Waals surface area contributed by atoms with Crippen LogP contribution in [-0.4, -0.2) is 34.1 Å². The van der Waals surface area contributed by atoms with E-state index < -0.39 is 5.82 Å². The minimum Gasteiger partial charge on any atom is -0.472 e. The zero-order chi connectivity index (χ0) is 18.1. The summed E-state index contributed by atoms with van der Waals surface area (Å²) >= 11 is 5.99. The number of carbonyl (C=O) groups is 1. The van der Waals surface area contributed by atoms with Gasteiger partial charge in [0.05, 0.1) is 22.4 Å². The number of hydrogen-bond acceptors (Lipinski definition) is 5. The molecule has 1 saturated heterocycles. The third-order valence-electron chi connectivity index (χ3n) is 4.50. The van der Waals surface area contributed by atoms with E-state index in [2.05, 4.69) is 10.2 Å². The lowest BCUT2D eigenvalue weighted by atomic mass is 9.96. The summed E-state index contributed by atoms with van der Waals surface area (Å²) in [5.74, 6) is 0.419. The van der Waals surface area contributed by atoms with Crippen LogP contribution >= 0.6 is 11.6 Å². The first-order valence-corrected chi connectivity index (χ1v) is 8.60. The van der Waals surface area contributed by atoms with Crippen LogP contribution in [0.25, 0.3) is 11.5 Å². The number of hydrogen-bond donors (Lipinski definition) is 0. The van der Waals surface area contributed by atoms with Gasteiger partial charge in [0, 0.05) is 19.0 Å². The summed E-state index contributed by atoms with van der Waals surface area (Å²) in [4.78, 5) is 14.3. The van der Waals surface area contributed by atoms with Crippen molar-refractivity contribution >= 4 is 17.5 Å². The van der Waals surface area contributed by atoms with Crippen LogP contribution in [0.4, 0.5) is 4.39 Å². The summed E-state index contributed by atoms with van der Waals surface area (Å²) in [6.45, 7) is 1.08. The number of carbonyl (C=O) groups excluding carboxylic acids is 1. The Bertz CT molecular complexity index is 918. The highest BCUT2D eigenvalue weighted by molar-refractivity contribution is 6.33. The average Bonchev–Trinajstić information content (AvgIpc) is 3.33. The Morgan fingerprint density at radius 3 is 2.73 bits per heavy atom. The molecule has 0 N–H and O–H groups in total. The molecule has 0 aliphatic carbocycles. The van der Waals surface area contributed by atoms with Crippen LogP contribution in [0.3, 0.4) is 0 Å². The fourth-order valence-electron chi connectivity index (χ4n) is 3.07. The Morgan fingerprint density at radius 2 is 2.04 bits per heavy atom. The second-order valence-electron chi connectivity index (χ2n) is 6.15. The van der Waals surface area contributed by atoms with E-state index in [1.54, 1.807) is 23.5 Å². The molecule has 4 rings (SSSR count). The average molecular weight is 376 g/mol. The van der Waals surface area contributed by atoms with E-state index in [-0.39, 0.29) is 16.8 Å². The number of benzene rings is 1. The lowest BCUT2D eigenvalue weighted by Gasteiger charge is -2.30. The van der Waals surface area contributed by atoms with Gasteiger partial charge in [-0.2, -0.15) is 0 Å². The molecule has 1 amide bonds. The quantitative estimate of drug-likeness (QED) is 0.687. The number of nitrogens with zero attached hydrogens (tertiary/aromatic N) is 3. The molecule has 0 unspecified atom stereocenters. The van der Waals surface area contributed by atoms with Gasteiger partial charge in [-0.3, -0.25) is 4.79 Å². The third-order valence-corrected chi connectivity index (χ3v) is 4.81. The predicted molar refractivity (Wildman–Crippen MR) is 91.3 cm³/mol. The van der Waals surface area contributed by atoms with Gasteiger partial charge in [0.1, 0.15) is 12.1 Å². The molecule has 134 valence electrons. The summed E-state index contributed by atoms with van der Waals surface area (Å²) in [6, 6.07) is 5.56. The lowest BCUT2D eigenvalue weighted by molar-refractivity contribution is 0.0706. The maximum Gasteiger partial charge on any atom is 0.255 e. The van der Waals surface area contributed by atoms with E-state index in [1.165, 1.54) is 12.1 Å². The molecule has 0 spiro atoms. The zero-order valence-corrected chi connectivity index (χ0v) is 14.4. The Hall–Kier alpha value is -2.67. The molecule has 0 bridgehead atoms. The molecule has 26 heavy (non-hydrogen) atoms. The Morgan fingerprint density at radius 1 is 1.23 bits per heavy atom. The molecular weight excluding hydrogens is 361 g/mol. The number of piperidine rings is 1. The van der Waals surface area contributed by atoms with Crippen LogP contribution in [0.5, 0.6) is 0 Å². The number of likely N-dealkylation sites (tertiary alicyclic amines) is 1. The first-order valence-electron chi connectivity index (χ1n) is 8.22. The number of halogens is 2. The standard InChI is InChI=1S/C18H15ClFN3O3/c19-15-9-13(20)1-2-14(15)18(24)23-6-3-11(4-7-23)16-21-22-17(26-16)12-5-8-25-10-12/h1-2,5,8-11H,3-4,6-7H2. The number of amides is 1. The normalized spacial score (nSPS) is 15.4. The summed E-state index contributed by atoms with van der Waals surface area (Å²) in [6.07, 6.45) is 4.50. The van der Waals surface area contributed by atoms with Gasteiger partial charge in [0.25, 0.3) is 11.8 Å². The smallest absolute Gasteiger partial charge is 0.255 e. The molecule has 3 heterocycles. The van der Waals surface area contributed by atoms with Gasteiger partial charge in [-0.25, -0.2) is 4.39 Å². The Kier molecular flexibility index (Phi) is 4.46. The van der Waals surface area contributed by atoms with Crippen LogP contribution in [-0.2, 0) is 0 Å². The molecule has 3 aromatic rings. The molecule has 6 nitrogen and oxygen atoms in total. The van der Waals surface area contributed by atoms with Gasteiger partial charge in [0.2, 0.25) is 5.89 Å². The molecule has 8 heteroatoms. The van der Waals surface area contributed by atoms with Crippen molar-refractivity contribution < 1.29 is 18.0 Å². The zero-order valence-electron chi connectivity index (χ0n) is 13.7. The van der Waals surface area contributed by atoms with Crippen molar-refractivity contribution in [2.24, 2.45) is 0 Å².